The number of amides is 6. The first-order chi connectivity index (χ1) is 16.5. The highest BCUT2D eigenvalue weighted by Gasteiger charge is 2.42. The van der Waals surface area contributed by atoms with E-state index in [0.29, 0.717) is 10.7 Å². The molecular formula is C24H19ClN4O5S. The molecule has 35 heavy (non-hydrogen) atoms. The summed E-state index contributed by atoms with van der Waals surface area (Å²) >= 11 is 11.3. The first kappa shape index (κ1) is 24.2. The van der Waals surface area contributed by atoms with Gasteiger partial charge in [-0.15, -0.1) is 0 Å². The van der Waals surface area contributed by atoms with Gasteiger partial charge in [-0.2, -0.15) is 0 Å². The minimum atomic E-state index is -1.54. The average Bonchev–Trinajstić information content (AvgIpc) is 2.77. The maximum atomic E-state index is 13.3. The maximum Gasteiger partial charge on any atom is 0.335 e. The number of carbonyl (C=O) groups is 5. The van der Waals surface area contributed by atoms with Crippen molar-refractivity contribution in [2.45, 2.75) is 20.8 Å². The lowest BCUT2D eigenvalue weighted by molar-refractivity contribution is -0.131. The molecule has 11 heteroatoms. The predicted octanol–water partition coefficient (Wildman–Crippen LogP) is 2.84. The summed E-state index contributed by atoms with van der Waals surface area (Å²) in [6, 6.07) is 8.74. The topological polar surface area (TPSA) is 116 Å². The molecule has 2 aliphatic rings. The molecular weight excluding hydrogens is 492 g/mol. The molecule has 0 radical (unpaired) electrons. The number of nitrogens with zero attached hydrogens (tertiary/aromatic N) is 2. The van der Waals surface area contributed by atoms with E-state index in [1.807, 2.05) is 13.8 Å². The minimum Gasteiger partial charge on any atom is -0.301 e. The summed E-state index contributed by atoms with van der Waals surface area (Å²) in [4.78, 5) is 66.0. The molecule has 2 aromatic rings. The maximum absolute atomic E-state index is 13.3. The molecule has 2 heterocycles. The summed E-state index contributed by atoms with van der Waals surface area (Å²) in [6.07, 6.45) is 0.945. The van der Waals surface area contributed by atoms with Crippen molar-refractivity contribution in [2.24, 2.45) is 5.92 Å². The number of benzene rings is 2. The van der Waals surface area contributed by atoms with Crippen molar-refractivity contribution in [3.05, 3.63) is 69.8 Å². The van der Waals surface area contributed by atoms with Crippen LogP contribution in [0.4, 0.5) is 16.2 Å². The van der Waals surface area contributed by atoms with Crippen LogP contribution < -0.4 is 20.4 Å². The number of imide groups is 2. The highest BCUT2D eigenvalue weighted by atomic mass is 35.5. The fraction of sp³-hybridized carbons (Fsp3) is 0.167. The van der Waals surface area contributed by atoms with Gasteiger partial charge in [0.15, 0.2) is 5.11 Å². The summed E-state index contributed by atoms with van der Waals surface area (Å²) in [6.45, 7) is 5.52. The van der Waals surface area contributed by atoms with E-state index < -0.39 is 41.2 Å². The molecule has 2 aliphatic heterocycles. The molecule has 6 amide bonds. The SMILES string of the molecule is Cc1ccc(N2C(=O)[C@H](/C=C3\C(=O)NC(=O)N(c4ccc(C)c(Cl)c4)C3=O)C(=O)NC2=S)cc1C. The third-order valence-corrected chi connectivity index (χ3v) is 6.49. The summed E-state index contributed by atoms with van der Waals surface area (Å²) in [5.74, 6) is -5.09. The molecule has 0 unspecified atom stereocenters. The molecule has 0 spiro atoms. The Morgan fingerprint density at radius 3 is 2.11 bits per heavy atom. The predicted molar refractivity (Wildman–Crippen MR) is 133 cm³/mol. The highest BCUT2D eigenvalue weighted by molar-refractivity contribution is 7.80. The first-order valence-electron chi connectivity index (χ1n) is 10.4. The standard InChI is InChI=1S/C24H19ClN4O5S/c1-11-4-6-14(8-13(11)3)29-22(33)17(20(31)27-24(29)35)10-16-19(30)26-23(34)28(21(16)32)15-7-5-12(2)18(25)9-15/h4-10,17H,1-3H3,(H,26,30,34)(H,27,31,35)/b16-10+/t17-/m1/s1. The van der Waals surface area contributed by atoms with E-state index in [0.717, 1.165) is 32.6 Å². The Morgan fingerprint density at radius 2 is 1.49 bits per heavy atom. The molecule has 2 fully saturated rings. The molecule has 2 saturated heterocycles. The van der Waals surface area contributed by atoms with E-state index in [1.165, 1.54) is 12.1 Å². The Hall–Kier alpha value is -3.89. The number of barbiturate groups is 1. The number of nitrogens with one attached hydrogen (secondary N) is 2. The van der Waals surface area contributed by atoms with Crippen molar-refractivity contribution in [3.63, 3.8) is 0 Å². The van der Waals surface area contributed by atoms with Crippen LogP contribution >= 0.6 is 23.8 Å². The first-order valence-corrected chi connectivity index (χ1v) is 11.2. The molecule has 0 bridgehead atoms. The van der Waals surface area contributed by atoms with Gasteiger partial charge in [0.05, 0.1) is 11.4 Å². The number of halogens is 1. The Morgan fingerprint density at radius 1 is 0.857 bits per heavy atom. The lowest BCUT2D eigenvalue weighted by atomic mass is 9.98. The van der Waals surface area contributed by atoms with E-state index in [4.69, 9.17) is 23.8 Å². The monoisotopic (exact) mass is 510 g/mol. The van der Waals surface area contributed by atoms with Gasteiger partial charge in [-0.25, -0.2) is 9.69 Å². The molecule has 0 aliphatic carbocycles. The van der Waals surface area contributed by atoms with Crippen LogP contribution in [0.1, 0.15) is 16.7 Å². The fourth-order valence-electron chi connectivity index (χ4n) is 3.65. The van der Waals surface area contributed by atoms with Crippen LogP contribution in [0, 0.1) is 26.7 Å². The van der Waals surface area contributed by atoms with Gasteiger partial charge >= 0.3 is 6.03 Å². The molecule has 2 N–H and O–H groups in total. The smallest absolute Gasteiger partial charge is 0.301 e. The largest absolute Gasteiger partial charge is 0.335 e. The highest BCUT2D eigenvalue weighted by Crippen LogP contribution is 2.28. The van der Waals surface area contributed by atoms with Crippen molar-refractivity contribution < 1.29 is 24.0 Å². The molecule has 4 rings (SSSR count). The van der Waals surface area contributed by atoms with Crippen LogP contribution in [0.3, 0.4) is 0 Å². The van der Waals surface area contributed by atoms with E-state index in [9.17, 15) is 24.0 Å². The molecule has 0 aromatic heterocycles. The number of carbonyl (C=O) groups excluding carboxylic acids is 5. The van der Waals surface area contributed by atoms with Gasteiger partial charge in [0.25, 0.3) is 11.8 Å². The minimum absolute atomic E-state index is 0.122. The van der Waals surface area contributed by atoms with Crippen LogP contribution in [-0.2, 0) is 19.2 Å². The summed E-state index contributed by atoms with van der Waals surface area (Å²) in [5, 5.41) is 4.69. The molecule has 9 nitrogen and oxygen atoms in total. The van der Waals surface area contributed by atoms with Gasteiger partial charge in [0, 0.05) is 5.02 Å². The zero-order chi connectivity index (χ0) is 25.6. The van der Waals surface area contributed by atoms with Crippen LogP contribution in [-0.4, -0.2) is 34.8 Å². The third kappa shape index (κ3) is 4.33. The Labute approximate surface area is 210 Å². The van der Waals surface area contributed by atoms with Crippen molar-refractivity contribution in [2.75, 3.05) is 9.80 Å². The fourth-order valence-corrected chi connectivity index (χ4v) is 4.12. The Bertz CT molecular complexity index is 1390. The second-order valence-corrected chi connectivity index (χ2v) is 8.92. The van der Waals surface area contributed by atoms with E-state index in [-0.39, 0.29) is 10.8 Å². The zero-order valence-electron chi connectivity index (χ0n) is 18.8. The second kappa shape index (κ2) is 9.05. The molecule has 0 saturated carbocycles. The lowest BCUT2D eigenvalue weighted by Gasteiger charge is -2.32. The molecule has 178 valence electrons. The zero-order valence-corrected chi connectivity index (χ0v) is 20.4. The number of anilines is 2. The van der Waals surface area contributed by atoms with Gasteiger partial charge in [-0.1, -0.05) is 23.7 Å². The summed E-state index contributed by atoms with van der Waals surface area (Å²) < 4.78 is 0. The van der Waals surface area contributed by atoms with Crippen molar-refractivity contribution in [1.82, 2.24) is 10.6 Å². The van der Waals surface area contributed by atoms with Crippen LogP contribution in [0.2, 0.25) is 5.02 Å². The van der Waals surface area contributed by atoms with Gasteiger partial charge in [-0.05, 0) is 80.0 Å². The van der Waals surface area contributed by atoms with Gasteiger partial charge in [0.1, 0.15) is 11.5 Å². The van der Waals surface area contributed by atoms with Crippen LogP contribution in [0.5, 0.6) is 0 Å². The van der Waals surface area contributed by atoms with E-state index in [2.05, 4.69) is 10.6 Å². The molecule has 1 atom stereocenters. The van der Waals surface area contributed by atoms with Gasteiger partial charge in [-0.3, -0.25) is 29.4 Å². The number of aryl methyl sites for hydroxylation is 3. The molecule has 2 aromatic carbocycles. The summed E-state index contributed by atoms with van der Waals surface area (Å²) in [7, 11) is 0. The number of rotatable bonds is 3. The van der Waals surface area contributed by atoms with Crippen molar-refractivity contribution >= 4 is 70.0 Å². The van der Waals surface area contributed by atoms with Crippen molar-refractivity contribution in [3.8, 4) is 0 Å². The third-order valence-electron chi connectivity index (χ3n) is 5.80. The Balaban J connectivity index is 1.72. The van der Waals surface area contributed by atoms with Gasteiger partial charge in [0.2, 0.25) is 11.8 Å². The van der Waals surface area contributed by atoms with E-state index >= 15 is 0 Å². The lowest BCUT2D eigenvalue weighted by Crippen LogP contribution is -2.59. The summed E-state index contributed by atoms with van der Waals surface area (Å²) in [5.41, 5.74) is 2.63. The van der Waals surface area contributed by atoms with Crippen molar-refractivity contribution in [1.29, 1.82) is 0 Å². The number of hydrogen-bond donors (Lipinski definition) is 2. The average molecular weight is 511 g/mol. The Kier molecular flexibility index (Phi) is 6.27. The van der Waals surface area contributed by atoms with Crippen LogP contribution in [0.15, 0.2) is 48.0 Å². The van der Waals surface area contributed by atoms with Gasteiger partial charge < -0.3 is 5.32 Å². The normalized spacial score (nSPS) is 19.9. The van der Waals surface area contributed by atoms with E-state index in [1.54, 1.807) is 31.2 Å². The number of urea groups is 1. The van der Waals surface area contributed by atoms with Crippen LogP contribution in [0.25, 0.3) is 0 Å². The quantitative estimate of drug-likeness (QED) is 0.284. The number of hydrogen-bond acceptors (Lipinski definition) is 6. The number of thiocarbonyl (C=S) groups is 1. The second-order valence-electron chi connectivity index (χ2n) is 8.13.